The number of methoxy groups -OCH3 is 1. The average molecular weight is 341 g/mol. The second kappa shape index (κ2) is 6.10. The quantitative estimate of drug-likeness (QED) is 0.858. The summed E-state index contributed by atoms with van der Waals surface area (Å²) < 4.78 is 13.1. The van der Waals surface area contributed by atoms with Crippen LogP contribution >= 0.6 is 0 Å². The zero-order valence-electron chi connectivity index (χ0n) is 14.9. The number of ether oxygens (including phenoxy) is 2. The van der Waals surface area contributed by atoms with Gasteiger partial charge in [-0.25, -0.2) is 0 Å². The molecular formula is C19H23N3O3. The zero-order chi connectivity index (χ0) is 17.6. The van der Waals surface area contributed by atoms with E-state index in [1.165, 1.54) is 0 Å². The van der Waals surface area contributed by atoms with E-state index in [2.05, 4.69) is 18.1 Å². The fourth-order valence-electron chi connectivity index (χ4n) is 3.70. The van der Waals surface area contributed by atoms with Crippen molar-refractivity contribution in [3.05, 3.63) is 41.2 Å². The predicted octanol–water partition coefficient (Wildman–Crippen LogP) is 2.14. The summed E-state index contributed by atoms with van der Waals surface area (Å²) >= 11 is 0. The maximum Gasteiger partial charge on any atom is 0.229 e. The van der Waals surface area contributed by atoms with E-state index >= 15 is 0 Å². The average Bonchev–Trinajstić information content (AvgIpc) is 2.90. The van der Waals surface area contributed by atoms with Crippen molar-refractivity contribution < 1.29 is 14.3 Å². The molecule has 3 heterocycles. The summed E-state index contributed by atoms with van der Waals surface area (Å²) in [6.45, 7) is 5.95. The van der Waals surface area contributed by atoms with E-state index in [4.69, 9.17) is 9.47 Å². The minimum Gasteiger partial charge on any atom is -0.497 e. The van der Waals surface area contributed by atoms with Crippen molar-refractivity contribution in [3.8, 4) is 11.5 Å². The van der Waals surface area contributed by atoms with E-state index in [-0.39, 0.29) is 11.8 Å². The minimum absolute atomic E-state index is 0.109. The highest BCUT2D eigenvalue weighted by Gasteiger charge is 2.38. The molecule has 0 N–H and O–H groups in total. The van der Waals surface area contributed by atoms with E-state index in [9.17, 15) is 4.79 Å². The number of nitrogens with zero attached hydrogens (tertiary/aromatic N) is 3. The summed E-state index contributed by atoms with van der Waals surface area (Å²) in [5, 5.41) is 4.53. The summed E-state index contributed by atoms with van der Waals surface area (Å²) in [7, 11) is 1.64. The van der Waals surface area contributed by atoms with Crippen molar-refractivity contribution in [2.24, 2.45) is 5.92 Å². The lowest BCUT2D eigenvalue weighted by atomic mass is 9.93. The second-order valence-electron chi connectivity index (χ2n) is 6.95. The van der Waals surface area contributed by atoms with Crippen LogP contribution in [0.2, 0.25) is 0 Å². The molecule has 0 spiro atoms. The minimum atomic E-state index is -0.109. The van der Waals surface area contributed by atoms with Gasteiger partial charge in [-0.05, 0) is 38.0 Å². The van der Waals surface area contributed by atoms with Gasteiger partial charge >= 0.3 is 0 Å². The smallest absolute Gasteiger partial charge is 0.229 e. The van der Waals surface area contributed by atoms with E-state index in [1.54, 1.807) is 7.11 Å². The number of rotatable bonds is 3. The van der Waals surface area contributed by atoms with Crippen LogP contribution in [0.15, 0.2) is 24.3 Å². The SMILES string of the molecule is COc1ccc2c(c1)OC[C@H](C(=O)N1CC(n3nc(C)cc3C)C1)C2. The summed E-state index contributed by atoms with van der Waals surface area (Å²) in [4.78, 5) is 14.7. The first-order valence-electron chi connectivity index (χ1n) is 8.66. The van der Waals surface area contributed by atoms with Gasteiger partial charge in [0.15, 0.2) is 0 Å². The largest absolute Gasteiger partial charge is 0.497 e. The maximum atomic E-state index is 12.8. The number of aromatic nitrogens is 2. The topological polar surface area (TPSA) is 56.6 Å². The second-order valence-corrected chi connectivity index (χ2v) is 6.95. The molecule has 1 saturated heterocycles. The van der Waals surface area contributed by atoms with Crippen LogP contribution in [0.4, 0.5) is 0 Å². The zero-order valence-corrected chi connectivity index (χ0v) is 14.9. The third kappa shape index (κ3) is 2.86. The third-order valence-corrected chi connectivity index (χ3v) is 5.09. The highest BCUT2D eigenvalue weighted by atomic mass is 16.5. The Balaban J connectivity index is 1.39. The Morgan fingerprint density at radius 1 is 1.28 bits per heavy atom. The van der Waals surface area contributed by atoms with Crippen molar-refractivity contribution >= 4 is 5.91 Å². The molecule has 0 radical (unpaired) electrons. The first kappa shape index (κ1) is 16.0. The molecule has 0 aliphatic carbocycles. The van der Waals surface area contributed by atoms with Gasteiger partial charge < -0.3 is 14.4 Å². The van der Waals surface area contributed by atoms with Crippen LogP contribution in [-0.2, 0) is 11.2 Å². The van der Waals surface area contributed by atoms with Crippen LogP contribution in [0.3, 0.4) is 0 Å². The Kier molecular flexibility index (Phi) is 3.90. The molecule has 1 fully saturated rings. The molecule has 1 aromatic carbocycles. The number of aryl methyl sites for hydroxylation is 2. The number of carbonyl (C=O) groups is 1. The number of hydrogen-bond acceptors (Lipinski definition) is 4. The van der Waals surface area contributed by atoms with E-state index in [0.29, 0.717) is 12.6 Å². The van der Waals surface area contributed by atoms with Crippen LogP contribution in [0.1, 0.15) is 23.0 Å². The number of carbonyl (C=O) groups excluding carboxylic acids is 1. The van der Waals surface area contributed by atoms with Crippen molar-refractivity contribution in [1.29, 1.82) is 0 Å². The Hall–Kier alpha value is -2.50. The highest BCUT2D eigenvalue weighted by Crippen LogP contribution is 2.33. The number of benzene rings is 1. The third-order valence-electron chi connectivity index (χ3n) is 5.09. The lowest BCUT2D eigenvalue weighted by Crippen LogP contribution is -2.54. The van der Waals surface area contributed by atoms with Crippen molar-refractivity contribution in [2.45, 2.75) is 26.3 Å². The molecule has 1 atom stereocenters. The monoisotopic (exact) mass is 341 g/mol. The number of hydrogen-bond donors (Lipinski definition) is 0. The van der Waals surface area contributed by atoms with E-state index in [1.807, 2.05) is 34.7 Å². The molecule has 1 amide bonds. The fraction of sp³-hybridized carbons (Fsp3) is 0.474. The molecule has 0 saturated carbocycles. The molecule has 25 heavy (non-hydrogen) atoms. The number of likely N-dealkylation sites (tertiary alicyclic amines) is 1. The summed E-state index contributed by atoms with van der Waals surface area (Å²) in [6.07, 6.45) is 0.721. The van der Waals surface area contributed by atoms with Crippen LogP contribution in [0, 0.1) is 19.8 Å². The van der Waals surface area contributed by atoms with Crippen LogP contribution < -0.4 is 9.47 Å². The predicted molar refractivity (Wildman–Crippen MR) is 93.0 cm³/mol. The molecule has 132 valence electrons. The standard InChI is InChI=1S/C19H23N3O3/c1-12-6-13(2)22(20-12)16-9-21(10-16)19(23)15-7-14-4-5-17(24-3)8-18(14)25-11-15/h4-6,8,15-16H,7,9-11H2,1-3H3/t15-/m1/s1. The molecule has 1 aromatic heterocycles. The molecule has 6 nitrogen and oxygen atoms in total. The van der Waals surface area contributed by atoms with Crippen molar-refractivity contribution in [3.63, 3.8) is 0 Å². The lowest BCUT2D eigenvalue weighted by molar-refractivity contribution is -0.143. The fourth-order valence-corrected chi connectivity index (χ4v) is 3.70. The van der Waals surface area contributed by atoms with Gasteiger partial charge in [0.25, 0.3) is 0 Å². The molecule has 4 rings (SSSR count). The maximum absolute atomic E-state index is 12.8. The van der Waals surface area contributed by atoms with Gasteiger partial charge in [-0.3, -0.25) is 9.48 Å². The molecule has 0 unspecified atom stereocenters. The number of amides is 1. The van der Waals surface area contributed by atoms with Gasteiger partial charge in [-0.2, -0.15) is 5.10 Å². The Bertz CT molecular complexity index is 808. The van der Waals surface area contributed by atoms with Gasteiger partial charge in [-0.15, -0.1) is 0 Å². The Morgan fingerprint density at radius 3 is 2.76 bits per heavy atom. The molecule has 2 aromatic rings. The molecule has 0 bridgehead atoms. The number of fused-ring (bicyclic) bond motifs is 1. The lowest BCUT2D eigenvalue weighted by Gasteiger charge is -2.42. The van der Waals surface area contributed by atoms with Gasteiger partial charge in [0.05, 0.1) is 24.8 Å². The Morgan fingerprint density at radius 2 is 2.08 bits per heavy atom. The van der Waals surface area contributed by atoms with Crippen molar-refractivity contribution in [2.75, 3.05) is 26.8 Å². The van der Waals surface area contributed by atoms with Crippen molar-refractivity contribution in [1.82, 2.24) is 14.7 Å². The normalized spacial score (nSPS) is 19.8. The van der Waals surface area contributed by atoms with Gasteiger partial charge in [-0.1, -0.05) is 6.07 Å². The highest BCUT2D eigenvalue weighted by molar-refractivity contribution is 5.80. The Labute approximate surface area is 147 Å². The van der Waals surface area contributed by atoms with Gasteiger partial charge in [0.2, 0.25) is 5.91 Å². The molecule has 6 heteroatoms. The van der Waals surface area contributed by atoms with Gasteiger partial charge in [0, 0.05) is 24.8 Å². The van der Waals surface area contributed by atoms with Crippen LogP contribution in [-0.4, -0.2) is 47.4 Å². The van der Waals surface area contributed by atoms with E-state index in [0.717, 1.165) is 48.0 Å². The molecule has 2 aliphatic heterocycles. The molecular weight excluding hydrogens is 318 g/mol. The summed E-state index contributed by atoms with van der Waals surface area (Å²) in [5.74, 6) is 1.67. The molecule has 2 aliphatic rings. The van der Waals surface area contributed by atoms with Crippen LogP contribution in [0.5, 0.6) is 11.5 Å². The van der Waals surface area contributed by atoms with E-state index < -0.39 is 0 Å². The van der Waals surface area contributed by atoms with Gasteiger partial charge in [0.1, 0.15) is 18.1 Å². The summed E-state index contributed by atoms with van der Waals surface area (Å²) in [6, 6.07) is 8.15. The first-order valence-corrected chi connectivity index (χ1v) is 8.66. The van der Waals surface area contributed by atoms with Crippen LogP contribution in [0.25, 0.3) is 0 Å². The summed E-state index contributed by atoms with van der Waals surface area (Å²) in [5.41, 5.74) is 3.24. The first-order chi connectivity index (χ1) is 12.0.